The molecule has 7 nitrogen and oxygen atoms in total. The van der Waals surface area contributed by atoms with Crippen LogP contribution in [0.2, 0.25) is 5.02 Å². The van der Waals surface area contributed by atoms with Gasteiger partial charge in [0.2, 0.25) is 11.8 Å². The molecule has 0 spiro atoms. The van der Waals surface area contributed by atoms with Gasteiger partial charge in [-0.2, -0.15) is 0 Å². The number of hydrogen-bond donors (Lipinski definition) is 3. The van der Waals surface area contributed by atoms with Gasteiger partial charge in [-0.25, -0.2) is 4.79 Å². The average molecular weight is 432 g/mol. The van der Waals surface area contributed by atoms with E-state index in [9.17, 15) is 14.4 Å². The van der Waals surface area contributed by atoms with Gasteiger partial charge >= 0.3 is 6.09 Å². The van der Waals surface area contributed by atoms with Gasteiger partial charge in [0.1, 0.15) is 18.7 Å². The first-order chi connectivity index (χ1) is 14.3. The Morgan fingerprint density at radius 1 is 0.967 bits per heavy atom. The molecule has 2 aromatic rings. The van der Waals surface area contributed by atoms with Crippen molar-refractivity contribution < 1.29 is 19.1 Å². The van der Waals surface area contributed by atoms with Gasteiger partial charge in [0.15, 0.2) is 0 Å². The molecule has 0 fully saturated rings. The van der Waals surface area contributed by atoms with Crippen molar-refractivity contribution in [2.75, 3.05) is 0 Å². The Hall–Kier alpha value is -3.06. The minimum atomic E-state index is -0.929. The zero-order chi connectivity index (χ0) is 22.1. The number of carbonyl (C=O) groups is 3. The number of benzene rings is 2. The summed E-state index contributed by atoms with van der Waals surface area (Å²) in [5.74, 6) is -1.43. The lowest BCUT2D eigenvalue weighted by molar-refractivity contribution is -0.129. The van der Waals surface area contributed by atoms with Crippen molar-refractivity contribution in [3.8, 4) is 0 Å². The molecule has 0 aromatic heterocycles. The molecular weight excluding hydrogens is 406 g/mol. The van der Waals surface area contributed by atoms with Crippen LogP contribution in [0.1, 0.15) is 25.0 Å². The third-order valence-electron chi connectivity index (χ3n) is 4.45. The highest BCUT2D eigenvalue weighted by atomic mass is 35.5. The van der Waals surface area contributed by atoms with Crippen LogP contribution in [-0.2, 0) is 27.4 Å². The van der Waals surface area contributed by atoms with Crippen molar-refractivity contribution in [2.45, 2.75) is 39.0 Å². The summed E-state index contributed by atoms with van der Waals surface area (Å²) in [4.78, 5) is 36.8. The molecule has 160 valence electrons. The summed E-state index contributed by atoms with van der Waals surface area (Å²) in [6.07, 6.45) is -0.511. The van der Waals surface area contributed by atoms with Crippen LogP contribution in [0.25, 0.3) is 0 Å². The Morgan fingerprint density at radius 2 is 1.60 bits per heavy atom. The van der Waals surface area contributed by atoms with Crippen molar-refractivity contribution >= 4 is 29.5 Å². The van der Waals surface area contributed by atoms with Gasteiger partial charge in [0.25, 0.3) is 0 Å². The fourth-order valence-electron chi connectivity index (χ4n) is 2.77. The number of carbonyl (C=O) groups excluding carboxylic acids is 3. The summed E-state index contributed by atoms with van der Waals surface area (Å²) in [5.41, 5.74) is 7.08. The summed E-state index contributed by atoms with van der Waals surface area (Å²) in [6.45, 7) is 3.64. The summed E-state index contributed by atoms with van der Waals surface area (Å²) in [5, 5.41) is 5.75. The first kappa shape index (κ1) is 23.2. The number of nitrogens with one attached hydrogen (secondary N) is 2. The predicted octanol–water partition coefficient (Wildman–Crippen LogP) is 2.80. The Bertz CT molecular complexity index is 856. The Morgan fingerprint density at radius 3 is 2.17 bits per heavy atom. The lowest BCUT2D eigenvalue weighted by atomic mass is 10.0. The van der Waals surface area contributed by atoms with Crippen LogP contribution in [-0.4, -0.2) is 30.0 Å². The molecule has 2 atom stereocenters. The number of alkyl carbamates (subject to hydrolysis) is 1. The Balaban J connectivity index is 1.97. The van der Waals surface area contributed by atoms with Crippen LogP contribution in [0.4, 0.5) is 4.79 Å². The van der Waals surface area contributed by atoms with Crippen molar-refractivity contribution in [3.63, 3.8) is 0 Å². The lowest BCUT2D eigenvalue weighted by Gasteiger charge is -2.24. The van der Waals surface area contributed by atoms with E-state index in [0.717, 1.165) is 11.1 Å². The zero-order valence-corrected chi connectivity index (χ0v) is 17.7. The van der Waals surface area contributed by atoms with Crippen LogP contribution in [0.5, 0.6) is 0 Å². The molecule has 0 saturated heterocycles. The second-order valence-electron chi connectivity index (χ2n) is 7.22. The van der Waals surface area contributed by atoms with Gasteiger partial charge in [0.05, 0.1) is 0 Å². The Labute approximate surface area is 180 Å². The van der Waals surface area contributed by atoms with Crippen molar-refractivity contribution in [2.24, 2.45) is 11.7 Å². The number of ether oxygens (including phenoxy) is 1. The van der Waals surface area contributed by atoms with Crippen LogP contribution in [0.3, 0.4) is 0 Å². The van der Waals surface area contributed by atoms with Crippen LogP contribution in [0, 0.1) is 5.92 Å². The molecule has 4 N–H and O–H groups in total. The monoisotopic (exact) mass is 431 g/mol. The fraction of sp³-hybridized carbons (Fsp3) is 0.318. The third-order valence-corrected chi connectivity index (χ3v) is 4.70. The molecule has 0 bridgehead atoms. The highest BCUT2D eigenvalue weighted by molar-refractivity contribution is 6.30. The van der Waals surface area contributed by atoms with E-state index in [1.54, 1.807) is 38.1 Å². The number of nitrogens with two attached hydrogens (primary N) is 1. The maximum Gasteiger partial charge on any atom is 0.408 e. The van der Waals surface area contributed by atoms with E-state index in [0.29, 0.717) is 5.02 Å². The van der Waals surface area contributed by atoms with Crippen LogP contribution in [0.15, 0.2) is 54.6 Å². The summed E-state index contributed by atoms with van der Waals surface area (Å²) < 4.78 is 5.18. The van der Waals surface area contributed by atoms with E-state index in [4.69, 9.17) is 22.1 Å². The zero-order valence-electron chi connectivity index (χ0n) is 16.9. The number of rotatable bonds is 9. The van der Waals surface area contributed by atoms with E-state index in [1.807, 2.05) is 30.3 Å². The first-order valence-electron chi connectivity index (χ1n) is 9.57. The SMILES string of the molecule is CC(C)[C@@H](NC(=O)OCc1ccccc1)C(=O)N[C@H](Cc1ccc(Cl)cc1)C(N)=O. The van der Waals surface area contributed by atoms with E-state index in [-0.39, 0.29) is 18.9 Å². The van der Waals surface area contributed by atoms with Gasteiger partial charge in [-0.15, -0.1) is 0 Å². The fourth-order valence-corrected chi connectivity index (χ4v) is 2.89. The second-order valence-corrected chi connectivity index (χ2v) is 7.66. The summed E-state index contributed by atoms with van der Waals surface area (Å²) in [6, 6.07) is 14.3. The van der Waals surface area contributed by atoms with Crippen molar-refractivity contribution in [3.05, 3.63) is 70.7 Å². The van der Waals surface area contributed by atoms with E-state index in [2.05, 4.69) is 10.6 Å². The first-order valence-corrected chi connectivity index (χ1v) is 9.95. The van der Waals surface area contributed by atoms with E-state index in [1.165, 1.54) is 0 Å². The van der Waals surface area contributed by atoms with Gasteiger partial charge < -0.3 is 21.1 Å². The number of halogens is 1. The topological polar surface area (TPSA) is 111 Å². The van der Waals surface area contributed by atoms with Gasteiger partial charge in [-0.1, -0.05) is 67.9 Å². The molecular formula is C22H26ClN3O4. The minimum Gasteiger partial charge on any atom is -0.445 e. The molecule has 0 unspecified atom stereocenters. The van der Waals surface area contributed by atoms with E-state index >= 15 is 0 Å². The molecule has 0 aliphatic heterocycles. The van der Waals surface area contributed by atoms with Gasteiger partial charge in [-0.05, 0) is 29.2 Å². The van der Waals surface area contributed by atoms with E-state index < -0.39 is 30.0 Å². The largest absolute Gasteiger partial charge is 0.445 e. The summed E-state index contributed by atoms with van der Waals surface area (Å²) >= 11 is 5.87. The standard InChI is InChI=1S/C22H26ClN3O4/c1-14(2)19(26-22(29)30-13-16-6-4-3-5-7-16)21(28)25-18(20(24)27)12-15-8-10-17(23)11-9-15/h3-11,14,18-19H,12-13H2,1-2H3,(H2,24,27)(H,25,28)(H,26,29)/t18-,19-/m1/s1. The highest BCUT2D eigenvalue weighted by Gasteiger charge is 2.28. The number of primary amides is 1. The van der Waals surface area contributed by atoms with Gasteiger partial charge in [-0.3, -0.25) is 9.59 Å². The van der Waals surface area contributed by atoms with Crippen molar-refractivity contribution in [1.29, 1.82) is 0 Å². The molecule has 0 aliphatic carbocycles. The predicted molar refractivity (Wildman–Crippen MR) is 115 cm³/mol. The average Bonchev–Trinajstić information content (AvgIpc) is 2.71. The molecule has 0 aliphatic rings. The quantitative estimate of drug-likeness (QED) is 0.566. The van der Waals surface area contributed by atoms with Gasteiger partial charge in [0, 0.05) is 11.4 Å². The molecule has 30 heavy (non-hydrogen) atoms. The molecule has 2 rings (SSSR count). The number of amides is 3. The van der Waals surface area contributed by atoms with Crippen molar-refractivity contribution in [1.82, 2.24) is 10.6 Å². The molecule has 8 heteroatoms. The Kier molecular flexibility index (Phi) is 8.68. The molecule has 0 heterocycles. The normalized spacial score (nSPS) is 12.7. The maximum absolute atomic E-state index is 12.7. The smallest absolute Gasteiger partial charge is 0.408 e. The third kappa shape index (κ3) is 7.40. The highest BCUT2D eigenvalue weighted by Crippen LogP contribution is 2.12. The molecule has 0 saturated carbocycles. The molecule has 2 aromatic carbocycles. The van der Waals surface area contributed by atoms with Crippen LogP contribution < -0.4 is 16.4 Å². The second kappa shape index (κ2) is 11.2. The number of hydrogen-bond acceptors (Lipinski definition) is 4. The van der Waals surface area contributed by atoms with Crippen LogP contribution >= 0.6 is 11.6 Å². The lowest BCUT2D eigenvalue weighted by Crippen LogP contribution is -2.55. The maximum atomic E-state index is 12.7. The minimum absolute atomic E-state index is 0.0829. The molecule has 0 radical (unpaired) electrons. The summed E-state index contributed by atoms with van der Waals surface area (Å²) in [7, 11) is 0. The molecule has 3 amide bonds.